The van der Waals surface area contributed by atoms with Crippen LogP contribution in [0.5, 0.6) is 17.2 Å². The molecule has 2 aromatic rings. The molecule has 0 aromatic heterocycles. The van der Waals surface area contributed by atoms with Gasteiger partial charge in [-0.1, -0.05) is 12.1 Å². The highest BCUT2D eigenvalue weighted by Gasteiger charge is 2.53. The topological polar surface area (TPSA) is 80.3 Å². The molecule has 1 aliphatic heterocycles. The van der Waals surface area contributed by atoms with E-state index in [0.717, 1.165) is 55.2 Å². The van der Waals surface area contributed by atoms with E-state index in [-0.39, 0.29) is 31.3 Å². The van der Waals surface area contributed by atoms with Gasteiger partial charge in [-0.05, 0) is 62.3 Å². The van der Waals surface area contributed by atoms with Gasteiger partial charge in [-0.3, -0.25) is 4.79 Å². The number of rotatable bonds is 8. The summed E-state index contributed by atoms with van der Waals surface area (Å²) >= 11 is 0. The van der Waals surface area contributed by atoms with E-state index in [9.17, 15) is 9.59 Å². The van der Waals surface area contributed by atoms with Crippen molar-refractivity contribution in [3.8, 4) is 28.4 Å². The molecule has 174 valence electrons. The van der Waals surface area contributed by atoms with Crippen LogP contribution in [0.15, 0.2) is 30.3 Å². The number of cyclic esters (lactones) is 1. The Balaban J connectivity index is 1.47. The first-order valence-electron chi connectivity index (χ1n) is 11.4. The number of benzene rings is 2. The molecule has 2 aromatic carbocycles. The molecule has 2 saturated carbocycles. The molecule has 2 aliphatic carbocycles. The zero-order chi connectivity index (χ0) is 23.0. The maximum Gasteiger partial charge on any atom is 0.338 e. The predicted molar refractivity (Wildman–Crippen MR) is 120 cm³/mol. The monoisotopic (exact) mass is 452 g/mol. The van der Waals surface area contributed by atoms with E-state index in [1.807, 2.05) is 18.2 Å². The Hall–Kier alpha value is -3.22. The van der Waals surface area contributed by atoms with Crippen LogP contribution in [0.4, 0.5) is 0 Å². The third-order valence-corrected chi connectivity index (χ3v) is 6.89. The quantitative estimate of drug-likeness (QED) is 0.538. The fourth-order valence-electron chi connectivity index (χ4n) is 4.71. The van der Waals surface area contributed by atoms with Gasteiger partial charge in [0.2, 0.25) is 5.75 Å². The minimum atomic E-state index is -0.619. The predicted octanol–water partition coefficient (Wildman–Crippen LogP) is 4.69. The first-order valence-corrected chi connectivity index (χ1v) is 11.4. The van der Waals surface area contributed by atoms with E-state index in [1.165, 1.54) is 0 Å². The Labute approximate surface area is 192 Å². The van der Waals surface area contributed by atoms with Crippen molar-refractivity contribution < 1.29 is 33.3 Å². The van der Waals surface area contributed by atoms with Gasteiger partial charge in [0, 0.05) is 11.1 Å². The van der Waals surface area contributed by atoms with Crippen LogP contribution in [0.2, 0.25) is 0 Å². The molecule has 0 bridgehead atoms. The number of hydrogen-bond donors (Lipinski definition) is 0. The van der Waals surface area contributed by atoms with Gasteiger partial charge in [0.1, 0.15) is 24.7 Å². The molecule has 0 radical (unpaired) electrons. The first-order chi connectivity index (χ1) is 16.1. The minimum absolute atomic E-state index is 0.0290. The Kier molecular flexibility index (Phi) is 5.64. The van der Waals surface area contributed by atoms with E-state index in [0.29, 0.717) is 22.8 Å². The summed E-state index contributed by atoms with van der Waals surface area (Å²) in [6.07, 6.45) is 5.61. The van der Waals surface area contributed by atoms with Crippen molar-refractivity contribution in [2.24, 2.45) is 5.41 Å². The lowest BCUT2D eigenvalue weighted by Crippen LogP contribution is -2.29. The van der Waals surface area contributed by atoms with E-state index < -0.39 is 5.41 Å². The van der Waals surface area contributed by atoms with Crippen molar-refractivity contribution in [2.45, 2.75) is 51.2 Å². The second kappa shape index (κ2) is 8.61. The first kappa shape index (κ1) is 21.6. The van der Waals surface area contributed by atoms with Gasteiger partial charge >= 0.3 is 11.9 Å². The van der Waals surface area contributed by atoms with Gasteiger partial charge in [-0.15, -0.1) is 0 Å². The molecule has 33 heavy (non-hydrogen) atoms. The molecular weight excluding hydrogens is 424 g/mol. The third kappa shape index (κ3) is 3.90. The molecule has 7 heteroatoms. The van der Waals surface area contributed by atoms with Crippen molar-refractivity contribution >= 4 is 11.9 Å². The second-order valence-electron chi connectivity index (χ2n) is 8.97. The van der Waals surface area contributed by atoms with Gasteiger partial charge in [-0.2, -0.15) is 0 Å². The Morgan fingerprint density at radius 1 is 1.00 bits per heavy atom. The summed E-state index contributed by atoms with van der Waals surface area (Å²) in [5.74, 6) is 0.940. The van der Waals surface area contributed by atoms with Crippen LogP contribution in [0.25, 0.3) is 11.1 Å². The SMILES string of the molecule is COc1ccc(-c2cccc3c2COC3=O)c(OCC2(C(=O)OC3CCCC3)CC2)c1OC. The minimum Gasteiger partial charge on any atom is -0.493 e. The fourth-order valence-corrected chi connectivity index (χ4v) is 4.71. The van der Waals surface area contributed by atoms with Gasteiger partial charge < -0.3 is 23.7 Å². The summed E-state index contributed by atoms with van der Waals surface area (Å²) < 4.78 is 28.5. The van der Waals surface area contributed by atoms with E-state index in [4.69, 9.17) is 23.7 Å². The molecule has 1 heterocycles. The third-order valence-electron chi connectivity index (χ3n) is 6.89. The highest BCUT2D eigenvalue weighted by molar-refractivity contribution is 5.96. The van der Waals surface area contributed by atoms with E-state index in [1.54, 1.807) is 26.4 Å². The maximum atomic E-state index is 12.9. The van der Waals surface area contributed by atoms with Crippen LogP contribution < -0.4 is 14.2 Å². The number of hydrogen-bond acceptors (Lipinski definition) is 7. The molecule has 0 unspecified atom stereocenters. The van der Waals surface area contributed by atoms with Gasteiger partial charge in [0.05, 0.1) is 19.8 Å². The van der Waals surface area contributed by atoms with Crippen LogP contribution in [0, 0.1) is 5.41 Å². The second-order valence-corrected chi connectivity index (χ2v) is 8.97. The number of ether oxygens (including phenoxy) is 5. The van der Waals surface area contributed by atoms with Gasteiger partial charge in [-0.25, -0.2) is 4.79 Å². The summed E-state index contributed by atoms with van der Waals surface area (Å²) in [5, 5.41) is 0. The summed E-state index contributed by atoms with van der Waals surface area (Å²) in [4.78, 5) is 25.0. The van der Waals surface area contributed by atoms with Crippen molar-refractivity contribution in [3.05, 3.63) is 41.5 Å². The van der Waals surface area contributed by atoms with Crippen LogP contribution >= 0.6 is 0 Å². The lowest BCUT2D eigenvalue weighted by atomic mass is 9.95. The average Bonchev–Trinajstić information content (AvgIpc) is 3.28. The summed E-state index contributed by atoms with van der Waals surface area (Å²) in [7, 11) is 3.12. The number of esters is 2. The van der Waals surface area contributed by atoms with E-state index >= 15 is 0 Å². The summed E-state index contributed by atoms with van der Waals surface area (Å²) in [6, 6.07) is 9.19. The number of carbonyl (C=O) groups excluding carboxylic acids is 2. The van der Waals surface area contributed by atoms with Gasteiger partial charge in [0.15, 0.2) is 11.5 Å². The molecule has 0 amide bonds. The highest BCUT2D eigenvalue weighted by Crippen LogP contribution is 2.51. The Morgan fingerprint density at radius 3 is 2.45 bits per heavy atom. The van der Waals surface area contributed by atoms with Crippen molar-refractivity contribution in [1.29, 1.82) is 0 Å². The smallest absolute Gasteiger partial charge is 0.338 e. The summed E-state index contributed by atoms with van der Waals surface area (Å²) in [6.45, 7) is 0.398. The molecule has 7 nitrogen and oxygen atoms in total. The number of fused-ring (bicyclic) bond motifs is 1. The molecule has 0 spiro atoms. The van der Waals surface area contributed by atoms with Crippen LogP contribution in [-0.4, -0.2) is 38.9 Å². The lowest BCUT2D eigenvalue weighted by Gasteiger charge is -2.22. The highest BCUT2D eigenvalue weighted by atomic mass is 16.6. The standard InChI is InChI=1S/C26H28O7/c1-29-21-11-10-18(17-8-5-9-19-20(17)14-31-24(19)27)22(23(21)30-2)32-15-26(12-13-26)25(28)33-16-6-3-4-7-16/h5,8-11,16H,3-4,6-7,12-15H2,1-2H3. The molecule has 2 fully saturated rings. The van der Waals surface area contributed by atoms with Crippen LogP contribution in [-0.2, 0) is 20.9 Å². The van der Waals surface area contributed by atoms with Crippen molar-refractivity contribution in [1.82, 2.24) is 0 Å². The number of methoxy groups -OCH3 is 2. The van der Waals surface area contributed by atoms with Crippen molar-refractivity contribution in [2.75, 3.05) is 20.8 Å². The molecule has 0 N–H and O–H groups in total. The van der Waals surface area contributed by atoms with Crippen LogP contribution in [0.1, 0.15) is 54.4 Å². The summed E-state index contributed by atoms with van der Waals surface area (Å²) in [5.41, 5.74) is 2.31. The van der Waals surface area contributed by atoms with Crippen molar-refractivity contribution in [3.63, 3.8) is 0 Å². The van der Waals surface area contributed by atoms with E-state index in [2.05, 4.69) is 0 Å². The zero-order valence-corrected chi connectivity index (χ0v) is 19.0. The Bertz CT molecular complexity index is 1080. The normalized spacial score (nSPS) is 18.4. The van der Waals surface area contributed by atoms with Crippen LogP contribution in [0.3, 0.4) is 0 Å². The largest absolute Gasteiger partial charge is 0.493 e. The average molecular weight is 453 g/mol. The molecule has 0 atom stereocenters. The Morgan fingerprint density at radius 2 is 1.76 bits per heavy atom. The molecule has 0 saturated heterocycles. The van der Waals surface area contributed by atoms with Gasteiger partial charge in [0.25, 0.3) is 0 Å². The fraction of sp³-hybridized carbons (Fsp3) is 0.462. The molecule has 3 aliphatic rings. The zero-order valence-electron chi connectivity index (χ0n) is 19.0. The lowest BCUT2D eigenvalue weighted by molar-refractivity contribution is -0.156. The molecular formula is C26H28O7. The molecule has 5 rings (SSSR count). The number of carbonyl (C=O) groups is 2. The maximum absolute atomic E-state index is 12.9.